The van der Waals surface area contributed by atoms with E-state index in [9.17, 15) is 4.79 Å². The number of thiophene rings is 1. The van der Waals surface area contributed by atoms with Gasteiger partial charge in [-0.05, 0) is 42.3 Å². The minimum absolute atomic E-state index is 0. The number of carbonyl (C=O) groups excluding carboxylic acids is 1. The number of para-hydroxylation sites is 1. The molecule has 1 fully saturated rings. The van der Waals surface area contributed by atoms with E-state index < -0.39 is 0 Å². The first kappa shape index (κ1) is 15.9. The van der Waals surface area contributed by atoms with Gasteiger partial charge in [0.15, 0.2) is 0 Å². The Hall–Kier alpha value is -1.52. The van der Waals surface area contributed by atoms with E-state index in [0.29, 0.717) is 12.5 Å². The van der Waals surface area contributed by atoms with E-state index >= 15 is 0 Å². The number of hydrogen-bond acceptors (Lipinski definition) is 3. The van der Waals surface area contributed by atoms with Crippen molar-refractivity contribution in [2.75, 3.05) is 11.9 Å². The molecule has 1 unspecified atom stereocenters. The third kappa shape index (κ3) is 4.48. The van der Waals surface area contributed by atoms with Gasteiger partial charge in [0.1, 0.15) is 0 Å². The number of rotatable bonds is 6. The number of anilines is 1. The Balaban J connectivity index is 0.00000161. The van der Waals surface area contributed by atoms with Crippen LogP contribution in [0.1, 0.15) is 23.8 Å². The van der Waals surface area contributed by atoms with Crippen LogP contribution in [0.3, 0.4) is 0 Å². The Morgan fingerprint density at radius 3 is 2.57 bits per heavy atom. The monoisotopic (exact) mass is 322 g/mol. The lowest BCUT2D eigenvalue weighted by Gasteiger charge is -2.17. The maximum atomic E-state index is 12.1. The van der Waals surface area contributed by atoms with E-state index in [1.165, 1.54) is 17.7 Å². The van der Waals surface area contributed by atoms with Crippen LogP contribution < -0.4 is 10.6 Å². The maximum absolute atomic E-state index is 12.1. The molecule has 0 radical (unpaired) electrons. The van der Waals surface area contributed by atoms with E-state index in [1.807, 2.05) is 36.4 Å². The molecule has 1 aliphatic rings. The molecular formula is C16H19ClN2OS. The summed E-state index contributed by atoms with van der Waals surface area (Å²) in [5.74, 6) is 0.675. The van der Waals surface area contributed by atoms with Crippen molar-refractivity contribution in [1.82, 2.24) is 5.32 Å². The van der Waals surface area contributed by atoms with Gasteiger partial charge in [-0.1, -0.05) is 24.3 Å². The molecule has 3 nitrogen and oxygen atoms in total. The molecular weight excluding hydrogens is 304 g/mol. The second kappa shape index (κ2) is 7.48. The zero-order valence-corrected chi connectivity index (χ0v) is 13.3. The van der Waals surface area contributed by atoms with Crippen LogP contribution in [0.15, 0.2) is 47.8 Å². The van der Waals surface area contributed by atoms with Crippen molar-refractivity contribution in [3.05, 3.63) is 52.7 Å². The van der Waals surface area contributed by atoms with E-state index in [-0.39, 0.29) is 24.4 Å². The molecule has 0 aliphatic heterocycles. The van der Waals surface area contributed by atoms with Crippen molar-refractivity contribution in [2.24, 2.45) is 5.92 Å². The average Bonchev–Trinajstić information content (AvgIpc) is 3.18. The average molecular weight is 323 g/mol. The lowest BCUT2D eigenvalue weighted by molar-refractivity contribution is -0.120. The van der Waals surface area contributed by atoms with Gasteiger partial charge < -0.3 is 10.6 Å². The topological polar surface area (TPSA) is 41.1 Å². The van der Waals surface area contributed by atoms with Crippen LogP contribution in [0, 0.1) is 5.92 Å². The Kier molecular flexibility index (Phi) is 5.65. The molecule has 1 heterocycles. The van der Waals surface area contributed by atoms with Crippen LogP contribution in [-0.2, 0) is 4.79 Å². The number of amides is 1. The van der Waals surface area contributed by atoms with Crippen molar-refractivity contribution >= 4 is 35.3 Å². The molecule has 0 saturated heterocycles. The third-order valence-corrected chi connectivity index (χ3v) is 4.44. The van der Waals surface area contributed by atoms with E-state index in [4.69, 9.17) is 0 Å². The molecule has 5 heteroatoms. The summed E-state index contributed by atoms with van der Waals surface area (Å²) in [6.45, 7) is 0.318. The highest BCUT2D eigenvalue weighted by molar-refractivity contribution is 7.10. The van der Waals surface area contributed by atoms with Crippen LogP contribution in [0.2, 0.25) is 0 Å². The quantitative estimate of drug-likeness (QED) is 0.848. The lowest BCUT2D eigenvalue weighted by Crippen LogP contribution is -2.34. The fraction of sp³-hybridized carbons (Fsp3) is 0.312. The van der Waals surface area contributed by atoms with Crippen LogP contribution in [0.4, 0.5) is 5.69 Å². The maximum Gasteiger partial charge on any atom is 0.239 e. The smallest absolute Gasteiger partial charge is 0.239 e. The normalized spacial score (nSPS) is 14.9. The Morgan fingerprint density at radius 1 is 1.19 bits per heavy atom. The summed E-state index contributed by atoms with van der Waals surface area (Å²) in [4.78, 5) is 13.3. The van der Waals surface area contributed by atoms with Gasteiger partial charge in [0.25, 0.3) is 0 Å². The zero-order valence-electron chi connectivity index (χ0n) is 11.6. The molecule has 0 spiro atoms. The van der Waals surface area contributed by atoms with Crippen molar-refractivity contribution in [3.8, 4) is 0 Å². The van der Waals surface area contributed by atoms with Crippen LogP contribution in [-0.4, -0.2) is 12.5 Å². The predicted octanol–water partition coefficient (Wildman–Crippen LogP) is 3.85. The van der Waals surface area contributed by atoms with E-state index in [1.54, 1.807) is 11.3 Å². The summed E-state index contributed by atoms with van der Waals surface area (Å²) >= 11 is 1.72. The zero-order chi connectivity index (χ0) is 13.8. The van der Waals surface area contributed by atoms with Crippen LogP contribution in [0.5, 0.6) is 0 Å². The van der Waals surface area contributed by atoms with Gasteiger partial charge in [0.05, 0.1) is 12.6 Å². The van der Waals surface area contributed by atoms with Gasteiger partial charge in [-0.25, -0.2) is 0 Å². The minimum atomic E-state index is 0. The first-order valence-corrected chi connectivity index (χ1v) is 7.82. The molecule has 2 N–H and O–H groups in total. The Morgan fingerprint density at radius 2 is 1.95 bits per heavy atom. The van der Waals surface area contributed by atoms with Gasteiger partial charge in [-0.3, -0.25) is 4.79 Å². The van der Waals surface area contributed by atoms with E-state index in [0.717, 1.165) is 5.69 Å². The van der Waals surface area contributed by atoms with Gasteiger partial charge in [-0.2, -0.15) is 0 Å². The number of benzene rings is 1. The van der Waals surface area contributed by atoms with Gasteiger partial charge >= 0.3 is 0 Å². The SMILES string of the molecule is Cl.O=C(CNc1ccccc1)NC(c1cccs1)C1CC1. The van der Waals surface area contributed by atoms with Crippen molar-refractivity contribution in [1.29, 1.82) is 0 Å². The third-order valence-electron chi connectivity index (χ3n) is 3.49. The molecule has 0 bridgehead atoms. The first-order chi connectivity index (χ1) is 9.83. The largest absolute Gasteiger partial charge is 0.376 e. The summed E-state index contributed by atoms with van der Waals surface area (Å²) in [5.41, 5.74) is 0.974. The number of nitrogens with one attached hydrogen (secondary N) is 2. The molecule has 2 aromatic rings. The van der Waals surface area contributed by atoms with Gasteiger partial charge in [-0.15, -0.1) is 23.7 Å². The van der Waals surface area contributed by atoms with Crippen molar-refractivity contribution < 1.29 is 4.79 Å². The summed E-state index contributed by atoms with van der Waals surface area (Å²) in [6.07, 6.45) is 2.43. The second-order valence-corrected chi connectivity index (χ2v) is 6.10. The minimum Gasteiger partial charge on any atom is -0.376 e. The summed E-state index contributed by atoms with van der Waals surface area (Å²) in [6, 6.07) is 14.2. The second-order valence-electron chi connectivity index (χ2n) is 5.12. The van der Waals surface area contributed by atoms with Crippen molar-refractivity contribution in [2.45, 2.75) is 18.9 Å². The van der Waals surface area contributed by atoms with Gasteiger partial charge in [0, 0.05) is 10.6 Å². The number of carbonyl (C=O) groups is 1. The highest BCUT2D eigenvalue weighted by Crippen LogP contribution is 2.42. The summed E-state index contributed by atoms with van der Waals surface area (Å²) < 4.78 is 0. The highest BCUT2D eigenvalue weighted by atomic mass is 35.5. The lowest BCUT2D eigenvalue weighted by atomic mass is 10.1. The van der Waals surface area contributed by atoms with Crippen molar-refractivity contribution in [3.63, 3.8) is 0 Å². The van der Waals surface area contributed by atoms with E-state index in [2.05, 4.69) is 22.1 Å². The molecule has 1 saturated carbocycles. The molecule has 1 aliphatic carbocycles. The molecule has 1 aromatic heterocycles. The predicted molar refractivity (Wildman–Crippen MR) is 90.1 cm³/mol. The summed E-state index contributed by atoms with van der Waals surface area (Å²) in [7, 11) is 0. The molecule has 112 valence electrons. The molecule has 1 atom stereocenters. The molecule has 21 heavy (non-hydrogen) atoms. The fourth-order valence-corrected chi connectivity index (χ4v) is 3.15. The molecule has 3 rings (SSSR count). The highest BCUT2D eigenvalue weighted by Gasteiger charge is 2.33. The van der Waals surface area contributed by atoms with Gasteiger partial charge in [0.2, 0.25) is 5.91 Å². The number of halogens is 1. The molecule has 1 aromatic carbocycles. The number of hydrogen-bond donors (Lipinski definition) is 2. The van der Waals surface area contributed by atoms with Crippen LogP contribution in [0.25, 0.3) is 0 Å². The summed E-state index contributed by atoms with van der Waals surface area (Å²) in [5, 5.41) is 8.37. The van der Waals surface area contributed by atoms with Crippen LogP contribution >= 0.6 is 23.7 Å². The molecule has 1 amide bonds. The Labute approximate surface area is 135 Å². The standard InChI is InChI=1S/C16H18N2OS.ClH/c19-15(11-17-13-5-2-1-3-6-13)18-16(12-8-9-12)14-7-4-10-20-14;/h1-7,10,12,16-17H,8-9,11H2,(H,18,19);1H. The fourth-order valence-electron chi connectivity index (χ4n) is 2.28. The first-order valence-electron chi connectivity index (χ1n) is 6.94. The Bertz CT molecular complexity index is 555.